The first-order valence-corrected chi connectivity index (χ1v) is 8.99. The Morgan fingerprint density at radius 3 is 2.58 bits per heavy atom. The van der Waals surface area contributed by atoms with Gasteiger partial charge < -0.3 is 4.74 Å². The number of hydrogen-bond donors (Lipinski definition) is 1. The minimum atomic E-state index is -0.525. The van der Waals surface area contributed by atoms with Crippen molar-refractivity contribution in [3.8, 4) is 11.3 Å². The number of carbonyl (C=O) groups is 1. The molecule has 0 fully saturated rings. The van der Waals surface area contributed by atoms with Gasteiger partial charge >= 0.3 is 6.09 Å². The van der Waals surface area contributed by atoms with Gasteiger partial charge in [0.25, 0.3) is 0 Å². The van der Waals surface area contributed by atoms with Crippen LogP contribution in [0.4, 0.5) is 10.5 Å². The van der Waals surface area contributed by atoms with Crippen LogP contribution in [0.2, 0.25) is 0 Å². The first-order chi connectivity index (χ1) is 11.3. The fraction of sp³-hybridized carbons (Fsp3) is 0.235. The second-order valence-electron chi connectivity index (χ2n) is 6.19. The Morgan fingerprint density at radius 2 is 1.92 bits per heavy atom. The number of fused-ring (bicyclic) bond motifs is 1. The van der Waals surface area contributed by atoms with Crippen LogP contribution >= 0.6 is 27.3 Å². The van der Waals surface area contributed by atoms with E-state index in [1.165, 1.54) is 0 Å². The molecule has 1 N–H and O–H groups in total. The number of aromatic nitrogens is 2. The van der Waals surface area contributed by atoms with Crippen LogP contribution in [-0.4, -0.2) is 21.7 Å². The average Bonchev–Trinajstić information content (AvgIpc) is 2.88. The van der Waals surface area contributed by atoms with E-state index in [1.54, 1.807) is 17.7 Å². The summed E-state index contributed by atoms with van der Waals surface area (Å²) in [5.74, 6) is 0. The van der Waals surface area contributed by atoms with Gasteiger partial charge in [-0.15, -0.1) is 11.3 Å². The lowest BCUT2D eigenvalue weighted by atomic mass is 10.1. The third kappa shape index (κ3) is 3.73. The van der Waals surface area contributed by atoms with Gasteiger partial charge in [-0.05, 0) is 48.8 Å². The minimum absolute atomic E-state index is 0.470. The van der Waals surface area contributed by atoms with Crippen molar-refractivity contribution < 1.29 is 9.53 Å². The van der Waals surface area contributed by atoms with Crippen molar-refractivity contribution in [1.82, 2.24) is 9.97 Å². The van der Waals surface area contributed by atoms with Crippen molar-refractivity contribution >= 4 is 49.3 Å². The van der Waals surface area contributed by atoms with E-state index in [0.29, 0.717) is 5.69 Å². The van der Waals surface area contributed by atoms with Gasteiger partial charge in [0.15, 0.2) is 0 Å². The molecule has 0 aliphatic carbocycles. The number of amides is 1. The molecule has 1 aromatic carbocycles. The number of halogens is 1. The highest BCUT2D eigenvalue weighted by Crippen LogP contribution is 2.34. The maximum atomic E-state index is 11.8. The lowest BCUT2D eigenvalue weighted by Crippen LogP contribution is -2.27. The van der Waals surface area contributed by atoms with Crippen LogP contribution in [0.5, 0.6) is 0 Å². The molecule has 1 amide bonds. The standard InChI is InChI=1S/C17H16BrN3O2S/c1-17(2,3)23-16(22)21-11-6-4-10(5-7-11)13-15-14(20-9-19-13)12(18)8-24-15/h4-9H,1-3H3,(H,21,22). The molecule has 5 nitrogen and oxygen atoms in total. The lowest BCUT2D eigenvalue weighted by Gasteiger charge is -2.19. The number of nitrogens with zero attached hydrogens (tertiary/aromatic N) is 2. The van der Waals surface area contributed by atoms with Crippen molar-refractivity contribution in [3.05, 3.63) is 40.4 Å². The average molecular weight is 406 g/mol. The molecule has 3 aromatic rings. The van der Waals surface area contributed by atoms with E-state index < -0.39 is 11.7 Å². The minimum Gasteiger partial charge on any atom is -0.444 e. The Labute approximate surface area is 152 Å². The van der Waals surface area contributed by atoms with Gasteiger partial charge in [-0.3, -0.25) is 5.32 Å². The zero-order valence-electron chi connectivity index (χ0n) is 13.5. The van der Waals surface area contributed by atoms with E-state index >= 15 is 0 Å². The third-order valence-corrected chi connectivity index (χ3v) is 5.00. The molecular weight excluding hydrogens is 390 g/mol. The van der Waals surface area contributed by atoms with Crippen LogP contribution in [0.1, 0.15) is 20.8 Å². The Hall–Kier alpha value is -1.99. The normalized spacial score (nSPS) is 11.5. The van der Waals surface area contributed by atoms with Crippen LogP contribution in [0.3, 0.4) is 0 Å². The monoisotopic (exact) mass is 405 g/mol. The number of benzene rings is 1. The highest BCUT2D eigenvalue weighted by Gasteiger charge is 2.16. The smallest absolute Gasteiger partial charge is 0.412 e. The van der Waals surface area contributed by atoms with Gasteiger partial charge in [0.05, 0.1) is 20.4 Å². The number of hydrogen-bond acceptors (Lipinski definition) is 5. The van der Waals surface area contributed by atoms with Crippen molar-refractivity contribution in [3.63, 3.8) is 0 Å². The fourth-order valence-corrected chi connectivity index (χ4v) is 3.76. The van der Waals surface area contributed by atoms with Gasteiger partial charge in [-0.25, -0.2) is 14.8 Å². The zero-order chi connectivity index (χ0) is 17.3. The summed E-state index contributed by atoms with van der Waals surface area (Å²) in [6, 6.07) is 7.50. The third-order valence-electron chi connectivity index (χ3n) is 3.11. The van der Waals surface area contributed by atoms with Crippen molar-refractivity contribution in [2.75, 3.05) is 5.32 Å². The molecule has 7 heteroatoms. The number of rotatable bonds is 2. The van der Waals surface area contributed by atoms with E-state index in [4.69, 9.17) is 4.74 Å². The topological polar surface area (TPSA) is 64.1 Å². The highest BCUT2D eigenvalue weighted by molar-refractivity contribution is 9.10. The van der Waals surface area contributed by atoms with Gasteiger partial charge in [0.1, 0.15) is 11.9 Å². The molecule has 0 atom stereocenters. The van der Waals surface area contributed by atoms with Gasteiger partial charge in [-0.1, -0.05) is 12.1 Å². The molecule has 0 unspecified atom stereocenters. The van der Waals surface area contributed by atoms with Crippen LogP contribution in [0, 0.1) is 0 Å². The number of anilines is 1. The SMILES string of the molecule is CC(C)(C)OC(=O)Nc1ccc(-c2ncnc3c(Br)csc23)cc1. The predicted molar refractivity (Wildman–Crippen MR) is 100 cm³/mol. The molecule has 0 aliphatic heterocycles. The Bertz CT molecular complexity index is 885. The van der Waals surface area contributed by atoms with Gasteiger partial charge in [-0.2, -0.15) is 0 Å². The summed E-state index contributed by atoms with van der Waals surface area (Å²) >= 11 is 5.09. The van der Waals surface area contributed by atoms with E-state index in [0.717, 1.165) is 25.9 Å². The molecule has 2 heterocycles. The number of thiophene rings is 1. The molecule has 0 saturated heterocycles. The predicted octanol–water partition coefficient (Wildman–Crippen LogP) is 5.47. The number of nitrogens with one attached hydrogen (secondary N) is 1. The summed E-state index contributed by atoms with van der Waals surface area (Å²) in [5, 5.41) is 4.72. The fourth-order valence-electron chi connectivity index (χ4n) is 2.16. The molecule has 0 bridgehead atoms. The van der Waals surface area contributed by atoms with E-state index in [1.807, 2.05) is 50.4 Å². The second-order valence-corrected chi connectivity index (χ2v) is 7.92. The molecule has 3 rings (SSSR count). The maximum absolute atomic E-state index is 11.8. The summed E-state index contributed by atoms with van der Waals surface area (Å²) in [5.41, 5.74) is 2.89. The summed E-state index contributed by atoms with van der Waals surface area (Å²) in [7, 11) is 0. The quantitative estimate of drug-likeness (QED) is 0.613. The van der Waals surface area contributed by atoms with Crippen molar-refractivity contribution in [2.24, 2.45) is 0 Å². The lowest BCUT2D eigenvalue weighted by molar-refractivity contribution is 0.0636. The summed E-state index contributed by atoms with van der Waals surface area (Å²) in [6.07, 6.45) is 1.09. The molecule has 0 aliphatic rings. The largest absolute Gasteiger partial charge is 0.444 e. The number of carbonyl (C=O) groups excluding carboxylic acids is 1. The molecular formula is C17H16BrN3O2S. The van der Waals surface area contributed by atoms with Crippen LogP contribution < -0.4 is 5.32 Å². The van der Waals surface area contributed by atoms with Crippen molar-refractivity contribution in [2.45, 2.75) is 26.4 Å². The number of ether oxygens (including phenoxy) is 1. The van der Waals surface area contributed by atoms with E-state index in [9.17, 15) is 4.79 Å². The molecule has 0 saturated carbocycles. The molecule has 0 radical (unpaired) electrons. The molecule has 124 valence electrons. The highest BCUT2D eigenvalue weighted by atomic mass is 79.9. The van der Waals surface area contributed by atoms with Gasteiger partial charge in [0, 0.05) is 16.6 Å². The second kappa shape index (κ2) is 6.49. The van der Waals surface area contributed by atoms with Crippen LogP contribution in [-0.2, 0) is 4.74 Å². The maximum Gasteiger partial charge on any atom is 0.412 e. The molecule has 24 heavy (non-hydrogen) atoms. The van der Waals surface area contributed by atoms with Crippen LogP contribution in [0.25, 0.3) is 21.5 Å². The first-order valence-electron chi connectivity index (χ1n) is 7.31. The Balaban J connectivity index is 1.83. The molecule has 0 spiro atoms. The van der Waals surface area contributed by atoms with E-state index in [2.05, 4.69) is 31.2 Å². The van der Waals surface area contributed by atoms with E-state index in [-0.39, 0.29) is 0 Å². The summed E-state index contributed by atoms with van der Waals surface area (Å²) in [6.45, 7) is 5.49. The van der Waals surface area contributed by atoms with Crippen LogP contribution in [0.15, 0.2) is 40.4 Å². The van der Waals surface area contributed by atoms with Gasteiger partial charge in [0.2, 0.25) is 0 Å². The molecule has 2 aromatic heterocycles. The van der Waals surface area contributed by atoms with Crippen molar-refractivity contribution in [1.29, 1.82) is 0 Å². The first kappa shape index (κ1) is 16.9. The Kier molecular flexibility index (Phi) is 4.56. The summed E-state index contributed by atoms with van der Waals surface area (Å²) < 4.78 is 7.23. The Morgan fingerprint density at radius 1 is 1.21 bits per heavy atom. The zero-order valence-corrected chi connectivity index (χ0v) is 15.9. The summed E-state index contributed by atoms with van der Waals surface area (Å²) in [4.78, 5) is 20.5.